The summed E-state index contributed by atoms with van der Waals surface area (Å²) in [5.41, 5.74) is 0. The van der Waals surface area contributed by atoms with Gasteiger partial charge in [0.1, 0.15) is 0 Å². The van der Waals surface area contributed by atoms with Crippen molar-refractivity contribution in [3.05, 3.63) is 0 Å². The summed E-state index contributed by atoms with van der Waals surface area (Å²) in [5, 5.41) is 13.3. The molecule has 3 atom stereocenters. The van der Waals surface area contributed by atoms with Gasteiger partial charge in [0.2, 0.25) is 0 Å². The Balaban J connectivity index is 0.000000151. The molecule has 2 aliphatic heterocycles. The quantitative estimate of drug-likeness (QED) is 0.440. The van der Waals surface area contributed by atoms with E-state index < -0.39 is 0 Å². The molecule has 4 heteroatoms. The van der Waals surface area contributed by atoms with Crippen molar-refractivity contribution < 1.29 is 0 Å². The lowest BCUT2D eigenvalue weighted by atomic mass is 10.2. The van der Waals surface area contributed by atoms with Crippen LogP contribution < -0.4 is 21.3 Å². The van der Waals surface area contributed by atoms with Crippen LogP contribution in [0, 0.1) is 0 Å². The Morgan fingerprint density at radius 2 is 1.20 bits per heavy atom. The minimum absolute atomic E-state index is 0.659. The Hall–Kier alpha value is -0.160. The van der Waals surface area contributed by atoms with E-state index in [2.05, 4.69) is 42.0 Å². The van der Waals surface area contributed by atoms with E-state index in [9.17, 15) is 0 Å². The van der Waals surface area contributed by atoms with Gasteiger partial charge in [-0.1, -0.05) is 0 Å². The first-order chi connectivity index (χ1) is 7.18. The van der Waals surface area contributed by atoms with E-state index in [-0.39, 0.29) is 0 Å². The molecule has 2 aliphatic rings. The van der Waals surface area contributed by atoms with Gasteiger partial charge in [-0.3, -0.25) is 0 Å². The largest absolute Gasteiger partial charge is 0.314 e. The van der Waals surface area contributed by atoms with Gasteiger partial charge in [-0.15, -0.1) is 0 Å². The molecule has 3 unspecified atom stereocenters. The molecule has 0 aromatic rings. The van der Waals surface area contributed by atoms with E-state index in [4.69, 9.17) is 0 Å². The molecule has 4 nitrogen and oxygen atoms in total. The smallest absolute Gasteiger partial charge is 0.0164 e. The molecular formula is C11H26N4. The topological polar surface area (TPSA) is 48.1 Å². The maximum atomic E-state index is 3.37. The molecular weight excluding hydrogens is 188 g/mol. The Morgan fingerprint density at radius 3 is 1.47 bits per heavy atom. The van der Waals surface area contributed by atoms with Crippen LogP contribution in [0.4, 0.5) is 0 Å². The Bertz CT molecular complexity index is 139. The van der Waals surface area contributed by atoms with Crippen molar-refractivity contribution in [2.75, 3.05) is 32.7 Å². The van der Waals surface area contributed by atoms with Crippen LogP contribution >= 0.6 is 0 Å². The summed E-state index contributed by atoms with van der Waals surface area (Å²) in [5.74, 6) is 0. The van der Waals surface area contributed by atoms with Gasteiger partial charge in [-0.05, 0) is 20.8 Å². The summed E-state index contributed by atoms with van der Waals surface area (Å²) in [4.78, 5) is 0. The van der Waals surface area contributed by atoms with Crippen molar-refractivity contribution in [2.45, 2.75) is 38.9 Å². The summed E-state index contributed by atoms with van der Waals surface area (Å²) < 4.78 is 0. The SMILES string of the molecule is CC1CNC(C)CN1.CC1CNCCN1. The van der Waals surface area contributed by atoms with Gasteiger partial charge in [0.05, 0.1) is 0 Å². The second-order valence-electron chi connectivity index (χ2n) is 4.68. The zero-order chi connectivity index (χ0) is 11.1. The third kappa shape index (κ3) is 6.10. The normalized spacial score (nSPS) is 36.6. The van der Waals surface area contributed by atoms with Crippen molar-refractivity contribution >= 4 is 0 Å². The van der Waals surface area contributed by atoms with Crippen molar-refractivity contribution in [1.82, 2.24) is 21.3 Å². The summed E-state index contributed by atoms with van der Waals surface area (Å²) >= 11 is 0. The fraction of sp³-hybridized carbons (Fsp3) is 1.00. The van der Waals surface area contributed by atoms with Gasteiger partial charge in [0.15, 0.2) is 0 Å². The predicted octanol–water partition coefficient (Wildman–Crippen LogP) is -0.476. The maximum Gasteiger partial charge on any atom is 0.0164 e. The Labute approximate surface area is 93.6 Å². The van der Waals surface area contributed by atoms with Crippen LogP contribution in [0.3, 0.4) is 0 Å². The Morgan fingerprint density at radius 1 is 0.667 bits per heavy atom. The van der Waals surface area contributed by atoms with Crippen molar-refractivity contribution in [2.24, 2.45) is 0 Å². The summed E-state index contributed by atoms with van der Waals surface area (Å²) in [6, 6.07) is 1.99. The van der Waals surface area contributed by atoms with Crippen LogP contribution in [0.5, 0.6) is 0 Å². The molecule has 15 heavy (non-hydrogen) atoms. The highest BCUT2D eigenvalue weighted by Crippen LogP contribution is 1.89. The average molecular weight is 214 g/mol. The van der Waals surface area contributed by atoms with Gasteiger partial charge in [-0.2, -0.15) is 0 Å². The van der Waals surface area contributed by atoms with Crippen molar-refractivity contribution in [1.29, 1.82) is 0 Å². The van der Waals surface area contributed by atoms with Gasteiger partial charge in [-0.25, -0.2) is 0 Å². The molecule has 2 rings (SSSR count). The molecule has 90 valence electrons. The van der Waals surface area contributed by atoms with E-state index in [1.165, 1.54) is 0 Å². The zero-order valence-electron chi connectivity index (χ0n) is 10.3. The molecule has 0 radical (unpaired) electrons. The average Bonchev–Trinajstić information content (AvgIpc) is 2.25. The van der Waals surface area contributed by atoms with Gasteiger partial charge in [0, 0.05) is 50.8 Å². The molecule has 2 fully saturated rings. The molecule has 2 saturated heterocycles. The van der Waals surface area contributed by atoms with Crippen molar-refractivity contribution in [3.8, 4) is 0 Å². The standard InChI is InChI=1S/C6H14N2.C5H12N2/c1-5-3-8-6(2)4-7-5;1-5-4-6-2-3-7-5/h5-8H,3-4H2,1-2H3;5-7H,2-4H2,1H3. The summed E-state index contributed by atoms with van der Waals surface area (Å²) in [7, 11) is 0. The molecule has 0 amide bonds. The lowest BCUT2D eigenvalue weighted by Crippen LogP contribution is -2.51. The number of piperazine rings is 2. The molecule has 0 aromatic carbocycles. The number of hydrogen-bond donors (Lipinski definition) is 4. The van der Waals surface area contributed by atoms with Gasteiger partial charge >= 0.3 is 0 Å². The predicted molar refractivity (Wildman–Crippen MR) is 65.3 cm³/mol. The fourth-order valence-corrected chi connectivity index (χ4v) is 1.70. The van der Waals surface area contributed by atoms with Crippen molar-refractivity contribution in [3.63, 3.8) is 0 Å². The molecule has 0 saturated carbocycles. The number of hydrogen-bond acceptors (Lipinski definition) is 4. The van der Waals surface area contributed by atoms with E-state index in [0.29, 0.717) is 18.1 Å². The lowest BCUT2D eigenvalue weighted by Gasteiger charge is -2.26. The van der Waals surface area contributed by atoms with Crippen LogP contribution in [0.25, 0.3) is 0 Å². The first-order valence-corrected chi connectivity index (χ1v) is 6.09. The van der Waals surface area contributed by atoms with E-state index in [1.807, 2.05) is 0 Å². The molecule has 2 heterocycles. The van der Waals surface area contributed by atoms with Gasteiger partial charge in [0.25, 0.3) is 0 Å². The minimum atomic E-state index is 0.659. The highest BCUT2D eigenvalue weighted by Gasteiger charge is 2.10. The van der Waals surface area contributed by atoms with E-state index >= 15 is 0 Å². The fourth-order valence-electron chi connectivity index (χ4n) is 1.70. The minimum Gasteiger partial charge on any atom is -0.314 e. The van der Waals surface area contributed by atoms with Crippen LogP contribution in [0.1, 0.15) is 20.8 Å². The molecule has 4 N–H and O–H groups in total. The number of nitrogens with one attached hydrogen (secondary N) is 4. The molecule has 0 bridgehead atoms. The lowest BCUT2D eigenvalue weighted by molar-refractivity contribution is 0.376. The summed E-state index contributed by atoms with van der Waals surface area (Å²) in [6.07, 6.45) is 0. The van der Waals surface area contributed by atoms with E-state index in [0.717, 1.165) is 32.7 Å². The van der Waals surface area contributed by atoms with Crippen LogP contribution in [-0.4, -0.2) is 50.8 Å². The highest BCUT2D eigenvalue weighted by molar-refractivity contribution is 4.76. The van der Waals surface area contributed by atoms with Crippen LogP contribution in [0.15, 0.2) is 0 Å². The second-order valence-corrected chi connectivity index (χ2v) is 4.68. The monoisotopic (exact) mass is 214 g/mol. The van der Waals surface area contributed by atoms with Crippen LogP contribution in [0.2, 0.25) is 0 Å². The first-order valence-electron chi connectivity index (χ1n) is 6.09. The second kappa shape index (κ2) is 7.17. The third-order valence-corrected chi connectivity index (χ3v) is 2.79. The third-order valence-electron chi connectivity index (χ3n) is 2.79. The first kappa shape index (κ1) is 12.9. The maximum absolute atomic E-state index is 3.37. The molecule has 0 aliphatic carbocycles. The van der Waals surface area contributed by atoms with Crippen LogP contribution in [-0.2, 0) is 0 Å². The molecule has 0 spiro atoms. The number of rotatable bonds is 0. The van der Waals surface area contributed by atoms with Gasteiger partial charge < -0.3 is 21.3 Å². The van der Waals surface area contributed by atoms with E-state index in [1.54, 1.807) is 0 Å². The zero-order valence-corrected chi connectivity index (χ0v) is 10.3. The summed E-state index contributed by atoms with van der Waals surface area (Å²) in [6.45, 7) is 12.2. The Kier molecular flexibility index (Phi) is 6.17. The highest BCUT2D eigenvalue weighted by atomic mass is 15.1. The molecule has 0 aromatic heterocycles.